The Kier molecular flexibility index (Phi) is 7.01. The van der Waals surface area contributed by atoms with Gasteiger partial charge in [-0.3, -0.25) is 4.79 Å². The topological polar surface area (TPSA) is 64.2 Å². The van der Waals surface area contributed by atoms with Crippen molar-refractivity contribution in [2.75, 3.05) is 13.6 Å². The zero-order valence-corrected chi connectivity index (χ0v) is 19.5. The number of aryl methyl sites for hydroxylation is 2. The maximum Gasteiger partial charge on any atom is 0.246 e. The van der Waals surface area contributed by atoms with Gasteiger partial charge >= 0.3 is 0 Å². The van der Waals surface area contributed by atoms with Crippen molar-refractivity contribution >= 4 is 12.0 Å². The van der Waals surface area contributed by atoms with Gasteiger partial charge in [-0.05, 0) is 50.6 Å². The van der Waals surface area contributed by atoms with Crippen LogP contribution in [0.25, 0.3) is 23.0 Å². The summed E-state index contributed by atoms with van der Waals surface area (Å²) in [7, 11) is 1.78. The van der Waals surface area contributed by atoms with E-state index in [1.165, 1.54) is 12.1 Å². The first-order valence-electron chi connectivity index (χ1n) is 11.2. The van der Waals surface area contributed by atoms with Crippen LogP contribution in [-0.4, -0.2) is 39.3 Å². The maximum absolute atomic E-state index is 13.2. The summed E-state index contributed by atoms with van der Waals surface area (Å²) in [5.41, 5.74) is 5.16. The second-order valence-electron chi connectivity index (χ2n) is 8.21. The molecule has 4 rings (SSSR count). The van der Waals surface area contributed by atoms with Crippen LogP contribution in [0.5, 0.6) is 0 Å². The van der Waals surface area contributed by atoms with Crippen LogP contribution < -0.4 is 0 Å². The fourth-order valence-electron chi connectivity index (χ4n) is 3.79. The molecule has 0 saturated carbocycles. The zero-order valence-electron chi connectivity index (χ0n) is 19.5. The molecule has 1 amide bonds. The summed E-state index contributed by atoms with van der Waals surface area (Å²) < 4.78 is 20.4. The number of rotatable bonds is 8. The number of carbonyl (C=O) groups is 1. The number of likely N-dealkylation sites (N-methyl/N-ethyl adjacent to an activating group) is 1. The monoisotopic (exact) mass is 458 g/mol. The van der Waals surface area contributed by atoms with Gasteiger partial charge in [-0.1, -0.05) is 35.5 Å². The lowest BCUT2D eigenvalue weighted by molar-refractivity contribution is -0.124. The predicted octanol–water partition coefficient (Wildman–Crippen LogP) is 5.39. The number of aromatic nitrogens is 3. The van der Waals surface area contributed by atoms with Crippen LogP contribution in [0.1, 0.15) is 29.1 Å². The number of carbonyl (C=O) groups excluding carboxylic acids is 1. The molecule has 174 valence electrons. The Morgan fingerprint density at radius 1 is 1.12 bits per heavy atom. The number of halogens is 1. The molecule has 0 bridgehead atoms. The van der Waals surface area contributed by atoms with Crippen molar-refractivity contribution in [2.45, 2.75) is 26.7 Å². The average Bonchev–Trinajstić information content (AvgIpc) is 3.43. The van der Waals surface area contributed by atoms with Crippen LogP contribution in [0.4, 0.5) is 4.39 Å². The Morgan fingerprint density at radius 2 is 1.85 bits per heavy atom. The van der Waals surface area contributed by atoms with Crippen LogP contribution in [0, 0.1) is 19.7 Å². The molecule has 0 aliphatic heterocycles. The normalized spacial score (nSPS) is 11.3. The predicted molar refractivity (Wildman–Crippen MR) is 130 cm³/mol. The minimum atomic E-state index is -0.293. The molecule has 2 aromatic carbocycles. The van der Waals surface area contributed by atoms with Gasteiger partial charge in [0.25, 0.3) is 0 Å². The quantitative estimate of drug-likeness (QED) is 0.332. The molecule has 0 atom stereocenters. The molecule has 0 fully saturated rings. The van der Waals surface area contributed by atoms with Crippen molar-refractivity contribution in [1.29, 1.82) is 0 Å². The summed E-state index contributed by atoms with van der Waals surface area (Å²) >= 11 is 0. The van der Waals surface area contributed by atoms with Gasteiger partial charge in [0.05, 0.1) is 11.4 Å². The van der Waals surface area contributed by atoms with Gasteiger partial charge < -0.3 is 9.42 Å². The molecule has 2 aromatic heterocycles. The van der Waals surface area contributed by atoms with Crippen molar-refractivity contribution in [3.63, 3.8) is 0 Å². The highest BCUT2D eigenvalue weighted by Crippen LogP contribution is 2.21. The van der Waals surface area contributed by atoms with E-state index in [1.807, 2.05) is 50.2 Å². The van der Waals surface area contributed by atoms with Crippen LogP contribution in [0.3, 0.4) is 0 Å². The molecule has 2 heterocycles. The Bertz CT molecular complexity index is 1290. The van der Waals surface area contributed by atoms with Gasteiger partial charge in [0.15, 0.2) is 0 Å². The van der Waals surface area contributed by atoms with Crippen LogP contribution in [0.15, 0.2) is 71.3 Å². The minimum absolute atomic E-state index is 0.0872. The van der Waals surface area contributed by atoms with Crippen molar-refractivity contribution in [1.82, 2.24) is 19.8 Å². The highest BCUT2D eigenvalue weighted by molar-refractivity contribution is 5.91. The third-order valence-corrected chi connectivity index (χ3v) is 5.73. The Hall–Kier alpha value is -4.00. The third kappa shape index (κ3) is 5.31. The molecule has 0 spiro atoms. The summed E-state index contributed by atoms with van der Waals surface area (Å²) in [5, 5.41) is 8.68. The highest BCUT2D eigenvalue weighted by Gasteiger charge is 2.13. The van der Waals surface area contributed by atoms with E-state index < -0.39 is 0 Å². The summed E-state index contributed by atoms with van der Waals surface area (Å²) in [5.74, 6) is 0.421. The van der Waals surface area contributed by atoms with Crippen molar-refractivity contribution in [2.24, 2.45) is 0 Å². The molecule has 0 aliphatic rings. The van der Waals surface area contributed by atoms with Crippen LogP contribution >= 0.6 is 0 Å². The number of nitrogens with zero attached hydrogens (tertiary/aromatic N) is 4. The van der Waals surface area contributed by atoms with E-state index in [0.717, 1.165) is 46.1 Å². The van der Waals surface area contributed by atoms with Gasteiger partial charge in [0, 0.05) is 49.0 Å². The molecule has 4 aromatic rings. The van der Waals surface area contributed by atoms with E-state index in [1.54, 1.807) is 40.9 Å². The lowest BCUT2D eigenvalue weighted by Gasteiger charge is -2.14. The summed E-state index contributed by atoms with van der Waals surface area (Å²) in [6.07, 6.45) is 4.82. The molecule has 0 radical (unpaired) electrons. The van der Waals surface area contributed by atoms with E-state index in [-0.39, 0.29) is 11.7 Å². The Morgan fingerprint density at radius 3 is 2.59 bits per heavy atom. The average molecular weight is 459 g/mol. The zero-order chi connectivity index (χ0) is 24.1. The van der Waals surface area contributed by atoms with E-state index in [9.17, 15) is 9.18 Å². The fourth-order valence-corrected chi connectivity index (χ4v) is 3.79. The molecule has 0 N–H and O–H groups in total. The minimum Gasteiger partial charge on any atom is -0.361 e. The van der Waals surface area contributed by atoms with E-state index >= 15 is 0 Å². The molecular weight excluding hydrogens is 431 g/mol. The number of amides is 1. The second-order valence-corrected chi connectivity index (χ2v) is 8.21. The smallest absolute Gasteiger partial charge is 0.246 e. The fraction of sp³-hybridized carbons (Fsp3) is 0.222. The van der Waals surface area contributed by atoms with E-state index in [2.05, 4.69) is 10.3 Å². The van der Waals surface area contributed by atoms with Crippen LogP contribution in [-0.2, 0) is 11.2 Å². The lowest BCUT2D eigenvalue weighted by Crippen LogP contribution is -2.26. The summed E-state index contributed by atoms with van der Waals surface area (Å²) in [6.45, 7) is 4.41. The molecule has 0 unspecified atom stereocenters. The van der Waals surface area contributed by atoms with Crippen LogP contribution in [0.2, 0.25) is 0 Å². The lowest BCUT2D eigenvalue weighted by atomic mass is 10.1. The third-order valence-electron chi connectivity index (χ3n) is 5.73. The summed E-state index contributed by atoms with van der Waals surface area (Å²) in [6, 6.07) is 18.0. The maximum atomic E-state index is 13.2. The first-order valence-corrected chi connectivity index (χ1v) is 11.2. The molecule has 0 aliphatic carbocycles. The standard InChI is InChI=1S/C27H27FN4O2/c1-19-25(20(2)32(29-19)23-13-11-22(28)12-14-23)15-16-27(33)31(3)17-7-10-24-18-26(30-34-24)21-8-5-4-6-9-21/h4-6,8-9,11-16,18H,7,10,17H2,1-3H3/b16-15+. The largest absolute Gasteiger partial charge is 0.361 e. The van der Waals surface area contributed by atoms with Crippen molar-refractivity contribution in [3.05, 3.63) is 95.3 Å². The first kappa shape index (κ1) is 23.2. The molecule has 34 heavy (non-hydrogen) atoms. The highest BCUT2D eigenvalue weighted by atomic mass is 19.1. The van der Waals surface area contributed by atoms with Gasteiger partial charge in [-0.15, -0.1) is 0 Å². The van der Waals surface area contributed by atoms with Crippen molar-refractivity contribution in [3.8, 4) is 16.9 Å². The number of hydrogen-bond donors (Lipinski definition) is 0. The molecule has 6 nitrogen and oxygen atoms in total. The summed E-state index contributed by atoms with van der Waals surface area (Å²) in [4.78, 5) is 14.3. The van der Waals surface area contributed by atoms with Gasteiger partial charge in [-0.2, -0.15) is 5.10 Å². The SMILES string of the molecule is Cc1nn(-c2ccc(F)cc2)c(C)c1/C=C/C(=O)N(C)CCCc1cc(-c2ccccc2)no1. The van der Waals surface area contributed by atoms with Gasteiger partial charge in [-0.25, -0.2) is 9.07 Å². The number of hydrogen-bond acceptors (Lipinski definition) is 4. The van der Waals surface area contributed by atoms with Gasteiger partial charge in [0.2, 0.25) is 5.91 Å². The van der Waals surface area contributed by atoms with E-state index in [0.29, 0.717) is 13.0 Å². The molecule has 0 saturated heterocycles. The molecular formula is C27H27FN4O2. The Labute approximate surface area is 198 Å². The second kappa shape index (κ2) is 10.3. The van der Waals surface area contributed by atoms with Gasteiger partial charge in [0.1, 0.15) is 17.3 Å². The van der Waals surface area contributed by atoms with E-state index in [4.69, 9.17) is 4.52 Å². The van der Waals surface area contributed by atoms with Crippen molar-refractivity contribution < 1.29 is 13.7 Å². The first-order chi connectivity index (χ1) is 16.4. The number of benzene rings is 2. The molecule has 7 heteroatoms. The Balaban J connectivity index is 1.33.